The molecule has 7 heteroatoms. The Labute approximate surface area is 145 Å². The lowest BCUT2D eigenvalue weighted by Crippen LogP contribution is -2.08. The first-order valence-corrected chi connectivity index (χ1v) is 7.67. The van der Waals surface area contributed by atoms with Gasteiger partial charge in [0.25, 0.3) is 0 Å². The van der Waals surface area contributed by atoms with E-state index in [0.717, 1.165) is 5.69 Å². The summed E-state index contributed by atoms with van der Waals surface area (Å²) in [7, 11) is 1.35. The zero-order valence-corrected chi connectivity index (χ0v) is 13.6. The first-order valence-electron chi connectivity index (χ1n) is 7.67. The van der Waals surface area contributed by atoms with E-state index in [1.54, 1.807) is 36.7 Å². The second-order valence-corrected chi connectivity index (χ2v) is 5.10. The average molecular weight is 335 g/mol. The minimum absolute atomic E-state index is 0.377. The van der Waals surface area contributed by atoms with E-state index < -0.39 is 5.97 Å². The van der Waals surface area contributed by atoms with Crippen LogP contribution in [-0.2, 0) is 11.3 Å². The Hall–Kier alpha value is -3.48. The van der Waals surface area contributed by atoms with Gasteiger partial charge in [0.2, 0.25) is 5.95 Å². The lowest BCUT2D eigenvalue weighted by molar-refractivity contribution is 0.0602. The molecule has 2 N–H and O–H groups in total. The average Bonchev–Trinajstić information content (AvgIpc) is 2.67. The van der Waals surface area contributed by atoms with Crippen LogP contribution in [-0.4, -0.2) is 28.0 Å². The molecule has 0 bridgehead atoms. The maximum atomic E-state index is 11.8. The van der Waals surface area contributed by atoms with Crippen LogP contribution in [0.1, 0.15) is 16.1 Å². The highest BCUT2D eigenvalue weighted by atomic mass is 16.5. The van der Waals surface area contributed by atoms with Crippen LogP contribution in [0.2, 0.25) is 0 Å². The molecule has 0 aliphatic carbocycles. The van der Waals surface area contributed by atoms with Gasteiger partial charge in [0.1, 0.15) is 5.82 Å². The molecule has 0 saturated carbocycles. The van der Waals surface area contributed by atoms with Crippen molar-refractivity contribution in [2.24, 2.45) is 0 Å². The van der Waals surface area contributed by atoms with Crippen molar-refractivity contribution in [3.05, 3.63) is 72.2 Å². The number of ether oxygens (including phenoxy) is 1. The summed E-state index contributed by atoms with van der Waals surface area (Å²) in [5.41, 5.74) is 1.91. The van der Waals surface area contributed by atoms with E-state index >= 15 is 0 Å². The molecule has 3 aromatic rings. The van der Waals surface area contributed by atoms with Crippen molar-refractivity contribution in [1.82, 2.24) is 15.0 Å². The summed E-state index contributed by atoms with van der Waals surface area (Å²) >= 11 is 0. The lowest BCUT2D eigenvalue weighted by Gasteiger charge is -2.10. The summed E-state index contributed by atoms with van der Waals surface area (Å²) in [4.78, 5) is 24.7. The Morgan fingerprint density at radius 2 is 1.88 bits per heavy atom. The van der Waals surface area contributed by atoms with Gasteiger partial charge in [0.05, 0.1) is 30.6 Å². The van der Waals surface area contributed by atoms with Crippen molar-refractivity contribution in [2.75, 3.05) is 17.7 Å². The molecular weight excluding hydrogens is 318 g/mol. The van der Waals surface area contributed by atoms with E-state index in [-0.39, 0.29) is 0 Å². The van der Waals surface area contributed by atoms with Gasteiger partial charge in [0.15, 0.2) is 0 Å². The molecule has 1 aromatic carbocycles. The van der Waals surface area contributed by atoms with Crippen molar-refractivity contribution in [2.45, 2.75) is 6.54 Å². The monoisotopic (exact) mass is 335 g/mol. The number of nitrogens with one attached hydrogen (secondary N) is 2. The zero-order chi connectivity index (χ0) is 17.5. The molecule has 2 aromatic heterocycles. The largest absolute Gasteiger partial charge is 0.465 e. The van der Waals surface area contributed by atoms with Crippen LogP contribution in [0.3, 0.4) is 0 Å². The topological polar surface area (TPSA) is 89.0 Å². The maximum Gasteiger partial charge on any atom is 0.339 e. The molecule has 0 saturated heterocycles. The SMILES string of the molecule is COC(=O)c1ccccc1Nc1nccc(NCc2ccccn2)n1. The summed E-state index contributed by atoms with van der Waals surface area (Å²) < 4.78 is 4.79. The second-order valence-electron chi connectivity index (χ2n) is 5.10. The summed E-state index contributed by atoms with van der Waals surface area (Å²) in [6.07, 6.45) is 3.38. The van der Waals surface area contributed by atoms with Gasteiger partial charge in [-0.25, -0.2) is 9.78 Å². The number of hydrogen-bond acceptors (Lipinski definition) is 7. The molecule has 0 spiro atoms. The van der Waals surface area contributed by atoms with Crippen LogP contribution in [0, 0.1) is 0 Å². The highest BCUT2D eigenvalue weighted by molar-refractivity contribution is 5.96. The Balaban J connectivity index is 1.73. The molecule has 0 fully saturated rings. The molecule has 25 heavy (non-hydrogen) atoms. The molecule has 7 nitrogen and oxygen atoms in total. The predicted octanol–water partition coefficient (Wildman–Crippen LogP) is 3.01. The first-order chi connectivity index (χ1) is 12.3. The number of aromatic nitrogens is 3. The van der Waals surface area contributed by atoms with Crippen molar-refractivity contribution in [1.29, 1.82) is 0 Å². The van der Waals surface area contributed by atoms with E-state index in [0.29, 0.717) is 29.6 Å². The number of pyridine rings is 1. The third kappa shape index (κ3) is 4.29. The lowest BCUT2D eigenvalue weighted by atomic mass is 10.2. The first kappa shape index (κ1) is 16.4. The summed E-state index contributed by atoms with van der Waals surface area (Å²) in [6, 6.07) is 14.5. The number of esters is 1. The minimum Gasteiger partial charge on any atom is -0.465 e. The number of para-hydroxylation sites is 1. The molecule has 3 rings (SSSR count). The molecule has 0 aliphatic heterocycles. The van der Waals surface area contributed by atoms with Crippen molar-refractivity contribution in [3.63, 3.8) is 0 Å². The number of nitrogens with zero attached hydrogens (tertiary/aromatic N) is 3. The summed E-state index contributed by atoms with van der Waals surface area (Å²) in [5.74, 6) is 0.605. The van der Waals surface area contributed by atoms with Gasteiger partial charge in [0, 0.05) is 12.4 Å². The quantitative estimate of drug-likeness (QED) is 0.669. The Morgan fingerprint density at radius 1 is 1.04 bits per heavy atom. The fraction of sp³-hybridized carbons (Fsp3) is 0.111. The van der Waals surface area contributed by atoms with Crippen molar-refractivity contribution < 1.29 is 9.53 Å². The van der Waals surface area contributed by atoms with E-state index in [1.807, 2.05) is 24.3 Å². The highest BCUT2D eigenvalue weighted by Crippen LogP contribution is 2.20. The maximum absolute atomic E-state index is 11.8. The number of rotatable bonds is 6. The number of anilines is 3. The molecule has 2 heterocycles. The summed E-state index contributed by atoms with van der Waals surface area (Å²) in [5, 5.41) is 6.24. The summed E-state index contributed by atoms with van der Waals surface area (Å²) in [6.45, 7) is 0.552. The Kier molecular flexibility index (Phi) is 5.16. The Morgan fingerprint density at radius 3 is 2.68 bits per heavy atom. The van der Waals surface area contributed by atoms with E-state index in [2.05, 4.69) is 25.6 Å². The predicted molar refractivity (Wildman–Crippen MR) is 94.7 cm³/mol. The van der Waals surface area contributed by atoms with Crippen LogP contribution in [0.25, 0.3) is 0 Å². The fourth-order valence-electron chi connectivity index (χ4n) is 2.20. The van der Waals surface area contributed by atoms with Gasteiger partial charge in [-0.15, -0.1) is 0 Å². The van der Waals surface area contributed by atoms with Gasteiger partial charge in [-0.05, 0) is 30.3 Å². The van der Waals surface area contributed by atoms with Crippen LogP contribution in [0.15, 0.2) is 60.9 Å². The molecule has 0 atom stereocenters. The standard InChI is InChI=1S/C18H17N5O2/c1-25-17(24)14-7-2-3-8-15(14)22-18-20-11-9-16(23-18)21-12-13-6-4-5-10-19-13/h2-11H,12H2,1H3,(H2,20,21,22,23). The number of methoxy groups -OCH3 is 1. The highest BCUT2D eigenvalue weighted by Gasteiger charge is 2.12. The van der Waals surface area contributed by atoms with Crippen molar-refractivity contribution >= 4 is 23.4 Å². The number of benzene rings is 1. The van der Waals surface area contributed by atoms with E-state index in [9.17, 15) is 4.79 Å². The minimum atomic E-state index is -0.424. The number of hydrogen-bond donors (Lipinski definition) is 2. The molecule has 0 aliphatic rings. The van der Waals surface area contributed by atoms with Crippen LogP contribution >= 0.6 is 0 Å². The molecule has 0 unspecified atom stereocenters. The zero-order valence-electron chi connectivity index (χ0n) is 13.6. The van der Waals surface area contributed by atoms with E-state index in [4.69, 9.17) is 4.74 Å². The van der Waals surface area contributed by atoms with Crippen molar-refractivity contribution in [3.8, 4) is 0 Å². The van der Waals surface area contributed by atoms with Crippen LogP contribution in [0.5, 0.6) is 0 Å². The van der Waals surface area contributed by atoms with Gasteiger partial charge in [-0.1, -0.05) is 18.2 Å². The third-order valence-electron chi connectivity index (χ3n) is 3.41. The van der Waals surface area contributed by atoms with Gasteiger partial charge in [-0.2, -0.15) is 4.98 Å². The smallest absolute Gasteiger partial charge is 0.339 e. The molecule has 126 valence electrons. The third-order valence-corrected chi connectivity index (χ3v) is 3.41. The molecule has 0 amide bonds. The van der Waals surface area contributed by atoms with Gasteiger partial charge >= 0.3 is 5.97 Å². The fourth-order valence-corrected chi connectivity index (χ4v) is 2.20. The van der Waals surface area contributed by atoms with Crippen LogP contribution < -0.4 is 10.6 Å². The van der Waals surface area contributed by atoms with Gasteiger partial charge in [-0.3, -0.25) is 4.98 Å². The molecule has 0 radical (unpaired) electrons. The normalized spacial score (nSPS) is 10.1. The number of carbonyl (C=O) groups is 1. The van der Waals surface area contributed by atoms with E-state index in [1.165, 1.54) is 7.11 Å². The number of carbonyl (C=O) groups excluding carboxylic acids is 1. The van der Waals surface area contributed by atoms with Gasteiger partial charge < -0.3 is 15.4 Å². The molecular formula is C18H17N5O2. The second kappa shape index (κ2) is 7.87. The van der Waals surface area contributed by atoms with Crippen LogP contribution in [0.4, 0.5) is 17.5 Å². The Bertz CT molecular complexity index is 855.